The maximum atomic E-state index is 12.8. The molecule has 226 valence electrons. The van der Waals surface area contributed by atoms with E-state index in [1.165, 1.54) is 25.7 Å². The van der Waals surface area contributed by atoms with Gasteiger partial charge >= 0.3 is 6.36 Å². The van der Waals surface area contributed by atoms with Crippen LogP contribution in [0.5, 0.6) is 0 Å². The summed E-state index contributed by atoms with van der Waals surface area (Å²) in [5, 5.41) is 4.28. The number of rotatable bonds is 9. The Morgan fingerprint density at radius 2 is 1.77 bits per heavy atom. The summed E-state index contributed by atoms with van der Waals surface area (Å²) >= 11 is 6.36. The Morgan fingerprint density at radius 1 is 1.05 bits per heavy atom. The van der Waals surface area contributed by atoms with Crippen molar-refractivity contribution >= 4 is 11.6 Å². The average molecular weight is 575 g/mol. The SMILES string of the molecule is CC(C)[C@H](CN1CC[C@H](C2=CCC(Cl)CC2)C(C)(C)C1)NCC1CCCC(C2CCCC(OC(F)(F)F)C2)C1. The van der Waals surface area contributed by atoms with Crippen molar-refractivity contribution in [1.82, 2.24) is 10.2 Å². The van der Waals surface area contributed by atoms with E-state index in [0.717, 1.165) is 64.7 Å². The molecule has 3 aliphatic carbocycles. The average Bonchev–Trinajstić information content (AvgIpc) is 2.86. The lowest BCUT2D eigenvalue weighted by Crippen LogP contribution is -2.52. The zero-order valence-corrected chi connectivity index (χ0v) is 25.6. The number of hydrogen-bond acceptors (Lipinski definition) is 3. The van der Waals surface area contributed by atoms with E-state index in [-0.39, 0.29) is 5.41 Å². The first kappa shape index (κ1) is 31.6. The smallest absolute Gasteiger partial charge is 0.312 e. The highest BCUT2D eigenvalue weighted by Gasteiger charge is 2.40. The molecule has 0 aromatic carbocycles. The fourth-order valence-electron chi connectivity index (χ4n) is 8.41. The van der Waals surface area contributed by atoms with Gasteiger partial charge < -0.3 is 10.2 Å². The Hall–Kier alpha value is -0.300. The molecule has 0 bridgehead atoms. The zero-order valence-electron chi connectivity index (χ0n) is 24.9. The summed E-state index contributed by atoms with van der Waals surface area (Å²) in [6.07, 6.45) is 9.63. The van der Waals surface area contributed by atoms with E-state index in [1.807, 2.05) is 0 Å². The maximum Gasteiger partial charge on any atom is 0.522 e. The van der Waals surface area contributed by atoms with Gasteiger partial charge in [-0.05, 0) is 106 Å². The summed E-state index contributed by atoms with van der Waals surface area (Å²) < 4.78 is 42.8. The molecule has 0 spiro atoms. The van der Waals surface area contributed by atoms with Gasteiger partial charge in [0.05, 0.1) is 6.10 Å². The van der Waals surface area contributed by atoms with Crippen LogP contribution in [0.15, 0.2) is 11.6 Å². The topological polar surface area (TPSA) is 24.5 Å². The number of allylic oxidation sites excluding steroid dienone is 2. The first-order valence-corrected chi connectivity index (χ1v) is 16.4. The molecular weight excluding hydrogens is 521 g/mol. The van der Waals surface area contributed by atoms with Crippen LogP contribution in [0, 0.1) is 35.0 Å². The number of nitrogens with one attached hydrogen (secondary N) is 1. The van der Waals surface area contributed by atoms with Crippen molar-refractivity contribution in [3.8, 4) is 0 Å². The second-order valence-corrected chi connectivity index (χ2v) is 15.0. The van der Waals surface area contributed by atoms with Crippen molar-refractivity contribution in [1.29, 1.82) is 0 Å². The van der Waals surface area contributed by atoms with Crippen LogP contribution in [0.3, 0.4) is 0 Å². The Labute approximate surface area is 241 Å². The van der Waals surface area contributed by atoms with E-state index in [1.54, 1.807) is 5.57 Å². The molecule has 1 heterocycles. The highest BCUT2D eigenvalue weighted by atomic mass is 35.5. The predicted molar refractivity (Wildman–Crippen MR) is 155 cm³/mol. The van der Waals surface area contributed by atoms with Crippen molar-refractivity contribution < 1.29 is 17.9 Å². The van der Waals surface area contributed by atoms with Crippen LogP contribution in [0.4, 0.5) is 13.2 Å². The maximum absolute atomic E-state index is 12.8. The van der Waals surface area contributed by atoms with Crippen LogP contribution >= 0.6 is 11.6 Å². The van der Waals surface area contributed by atoms with Gasteiger partial charge in [-0.25, -0.2) is 0 Å². The van der Waals surface area contributed by atoms with Crippen molar-refractivity contribution in [3.63, 3.8) is 0 Å². The first-order valence-electron chi connectivity index (χ1n) is 15.9. The summed E-state index contributed by atoms with van der Waals surface area (Å²) in [6, 6.07) is 0.461. The summed E-state index contributed by atoms with van der Waals surface area (Å²) in [6.45, 7) is 14.0. The van der Waals surface area contributed by atoms with E-state index in [0.29, 0.717) is 53.9 Å². The minimum absolute atomic E-state index is 0.273. The molecule has 1 saturated heterocycles. The summed E-state index contributed by atoms with van der Waals surface area (Å²) in [5.41, 5.74) is 1.92. The van der Waals surface area contributed by atoms with E-state index in [9.17, 15) is 13.2 Å². The van der Waals surface area contributed by atoms with Gasteiger partial charge in [0.1, 0.15) is 0 Å². The first-order chi connectivity index (χ1) is 18.4. The highest BCUT2D eigenvalue weighted by molar-refractivity contribution is 6.20. The molecule has 39 heavy (non-hydrogen) atoms. The lowest BCUT2D eigenvalue weighted by atomic mass is 9.68. The Kier molecular flexibility index (Phi) is 11.2. The number of nitrogens with zero attached hydrogens (tertiary/aromatic N) is 1. The summed E-state index contributed by atoms with van der Waals surface area (Å²) in [7, 11) is 0. The molecule has 4 aliphatic rings. The standard InChI is InChI=1S/C32H54ClF3N2O/c1-22(2)30(20-38-16-15-29(31(3,4)21-38)24-11-13-27(33)14-12-24)37-19-23-7-5-8-25(17-23)26-9-6-10-28(18-26)39-32(34,35)36/h11,22-23,25-30,37H,5-10,12-21H2,1-4H3/t23?,25?,26?,27?,28?,29-,30+/m1/s1. The minimum Gasteiger partial charge on any atom is -0.312 e. The summed E-state index contributed by atoms with van der Waals surface area (Å²) in [4.78, 5) is 2.69. The number of piperidine rings is 1. The summed E-state index contributed by atoms with van der Waals surface area (Å²) in [5.74, 6) is 2.78. The fraction of sp³-hybridized carbons (Fsp3) is 0.938. The molecule has 1 N–H and O–H groups in total. The normalized spacial score (nSPS) is 35.6. The molecule has 7 heteroatoms. The second kappa shape index (κ2) is 13.8. The number of ether oxygens (including phenoxy) is 1. The lowest BCUT2D eigenvalue weighted by Gasteiger charge is -2.47. The number of alkyl halides is 4. The minimum atomic E-state index is -4.51. The van der Waals surface area contributed by atoms with Crippen molar-refractivity contribution in [2.45, 2.75) is 129 Å². The van der Waals surface area contributed by atoms with Gasteiger partial charge in [-0.15, -0.1) is 24.8 Å². The third-order valence-corrected chi connectivity index (χ3v) is 10.9. The molecule has 3 fully saturated rings. The van der Waals surface area contributed by atoms with Gasteiger partial charge in [0, 0.05) is 24.5 Å². The van der Waals surface area contributed by atoms with Crippen LogP contribution in [0.2, 0.25) is 0 Å². The molecule has 0 amide bonds. The van der Waals surface area contributed by atoms with Crippen molar-refractivity contribution in [3.05, 3.63) is 11.6 Å². The molecular formula is C32H54ClF3N2O. The third kappa shape index (κ3) is 9.35. The Morgan fingerprint density at radius 3 is 2.41 bits per heavy atom. The monoisotopic (exact) mass is 574 g/mol. The Bertz CT molecular complexity index is 801. The molecule has 0 radical (unpaired) electrons. The van der Waals surface area contributed by atoms with Gasteiger partial charge in [0.15, 0.2) is 0 Å². The molecule has 3 nitrogen and oxygen atoms in total. The zero-order chi connectivity index (χ0) is 28.2. The third-order valence-electron chi connectivity index (χ3n) is 10.5. The second-order valence-electron chi connectivity index (χ2n) is 14.4. The Balaban J connectivity index is 1.25. The van der Waals surface area contributed by atoms with Gasteiger partial charge in [-0.2, -0.15) is 0 Å². The van der Waals surface area contributed by atoms with Gasteiger partial charge in [-0.1, -0.05) is 58.6 Å². The molecule has 2 saturated carbocycles. The van der Waals surface area contributed by atoms with Gasteiger partial charge in [0.25, 0.3) is 0 Å². The van der Waals surface area contributed by atoms with E-state index >= 15 is 0 Å². The van der Waals surface area contributed by atoms with Gasteiger partial charge in [0.2, 0.25) is 0 Å². The number of likely N-dealkylation sites (tertiary alicyclic amines) is 1. The molecule has 0 aromatic heterocycles. The van der Waals surface area contributed by atoms with Crippen LogP contribution in [-0.4, -0.2) is 55.0 Å². The number of halogens is 4. The van der Waals surface area contributed by atoms with Crippen molar-refractivity contribution in [2.75, 3.05) is 26.2 Å². The largest absolute Gasteiger partial charge is 0.522 e. The molecule has 7 atom stereocenters. The van der Waals surface area contributed by atoms with Crippen LogP contribution in [0.1, 0.15) is 105 Å². The molecule has 5 unspecified atom stereocenters. The van der Waals surface area contributed by atoms with E-state index < -0.39 is 12.5 Å². The predicted octanol–water partition coefficient (Wildman–Crippen LogP) is 8.57. The molecule has 4 rings (SSSR count). The van der Waals surface area contributed by atoms with Crippen LogP contribution < -0.4 is 5.32 Å². The highest BCUT2D eigenvalue weighted by Crippen LogP contribution is 2.44. The van der Waals surface area contributed by atoms with Crippen LogP contribution in [-0.2, 0) is 4.74 Å². The van der Waals surface area contributed by atoms with E-state index in [4.69, 9.17) is 11.6 Å². The van der Waals surface area contributed by atoms with Crippen molar-refractivity contribution in [2.24, 2.45) is 35.0 Å². The molecule has 1 aliphatic heterocycles. The van der Waals surface area contributed by atoms with Gasteiger partial charge in [-0.3, -0.25) is 4.74 Å². The quantitative estimate of drug-likeness (QED) is 0.220. The van der Waals surface area contributed by atoms with E-state index in [2.05, 4.69) is 48.7 Å². The lowest BCUT2D eigenvalue weighted by molar-refractivity contribution is -0.346. The van der Waals surface area contributed by atoms with Crippen LogP contribution in [0.25, 0.3) is 0 Å². The number of hydrogen-bond donors (Lipinski definition) is 1. The fourth-order valence-corrected chi connectivity index (χ4v) is 8.61. The molecule has 0 aromatic rings.